The highest BCUT2D eigenvalue weighted by atomic mass is 32.2. The van der Waals surface area contributed by atoms with Gasteiger partial charge in [-0.15, -0.1) is 0 Å². The van der Waals surface area contributed by atoms with Gasteiger partial charge in [-0.1, -0.05) is 24.3 Å². The SMILES string of the molecule is Cc1ccc(CN2CCC3(CC2)CN(S(=O)(=O)c2cn(C)cn2)Cc2ccccc23)o1. The van der Waals surface area contributed by atoms with Crippen molar-refractivity contribution in [3.63, 3.8) is 0 Å². The number of sulfonamides is 1. The van der Waals surface area contributed by atoms with Crippen LogP contribution >= 0.6 is 0 Å². The average Bonchev–Trinajstić information content (AvgIpc) is 3.38. The van der Waals surface area contributed by atoms with Gasteiger partial charge in [-0.3, -0.25) is 4.90 Å². The highest BCUT2D eigenvalue weighted by Gasteiger charge is 2.45. The van der Waals surface area contributed by atoms with Gasteiger partial charge in [-0.25, -0.2) is 13.4 Å². The zero-order valence-corrected chi connectivity index (χ0v) is 18.8. The molecule has 0 aliphatic carbocycles. The molecular weight excluding hydrogens is 412 g/mol. The molecule has 31 heavy (non-hydrogen) atoms. The van der Waals surface area contributed by atoms with E-state index in [1.165, 1.54) is 11.9 Å². The highest BCUT2D eigenvalue weighted by Crippen LogP contribution is 2.43. The van der Waals surface area contributed by atoms with Crippen molar-refractivity contribution < 1.29 is 12.8 Å². The summed E-state index contributed by atoms with van der Waals surface area (Å²) in [5.74, 6) is 1.91. The Labute approximate surface area is 183 Å². The Balaban J connectivity index is 1.41. The third kappa shape index (κ3) is 3.73. The Kier molecular flexibility index (Phi) is 5.03. The molecule has 1 aromatic carbocycles. The minimum absolute atomic E-state index is 0.121. The summed E-state index contributed by atoms with van der Waals surface area (Å²) in [5, 5.41) is 0.121. The average molecular weight is 441 g/mol. The predicted molar refractivity (Wildman–Crippen MR) is 117 cm³/mol. The van der Waals surface area contributed by atoms with Crippen molar-refractivity contribution >= 4 is 10.0 Å². The van der Waals surface area contributed by atoms with Crippen LogP contribution in [0.15, 0.2) is 58.4 Å². The van der Waals surface area contributed by atoms with Crippen LogP contribution in [-0.4, -0.2) is 46.8 Å². The van der Waals surface area contributed by atoms with Crippen LogP contribution in [0, 0.1) is 6.92 Å². The van der Waals surface area contributed by atoms with Crippen LogP contribution in [0.2, 0.25) is 0 Å². The van der Waals surface area contributed by atoms with Gasteiger partial charge in [0.15, 0.2) is 5.03 Å². The molecule has 0 amide bonds. The lowest BCUT2D eigenvalue weighted by Gasteiger charge is -2.48. The second kappa shape index (κ2) is 7.62. The quantitative estimate of drug-likeness (QED) is 0.624. The van der Waals surface area contributed by atoms with Crippen molar-refractivity contribution in [2.75, 3.05) is 19.6 Å². The van der Waals surface area contributed by atoms with E-state index in [-0.39, 0.29) is 10.4 Å². The van der Waals surface area contributed by atoms with Crippen LogP contribution in [0.1, 0.15) is 35.5 Å². The van der Waals surface area contributed by atoms with E-state index in [0.717, 1.165) is 49.6 Å². The molecule has 5 rings (SSSR count). The fourth-order valence-electron chi connectivity index (χ4n) is 5.03. The summed E-state index contributed by atoms with van der Waals surface area (Å²) < 4.78 is 35.8. The van der Waals surface area contributed by atoms with Crippen molar-refractivity contribution in [1.82, 2.24) is 18.8 Å². The number of furan rings is 1. The van der Waals surface area contributed by atoms with Gasteiger partial charge in [0.2, 0.25) is 0 Å². The second-order valence-corrected chi connectivity index (χ2v) is 10.8. The van der Waals surface area contributed by atoms with Crippen LogP contribution in [0.25, 0.3) is 0 Å². The summed E-state index contributed by atoms with van der Waals surface area (Å²) >= 11 is 0. The first-order chi connectivity index (χ1) is 14.9. The predicted octanol–water partition coefficient (Wildman–Crippen LogP) is 3.06. The summed E-state index contributed by atoms with van der Waals surface area (Å²) in [6, 6.07) is 12.4. The standard InChI is InChI=1S/C23H28N4O3S/c1-18-7-8-20(30-18)14-26-11-9-23(10-12-26)16-27(13-19-5-3-4-6-21(19)23)31(28,29)22-15-25(2)17-24-22/h3-8,15,17H,9-14,16H2,1-2H3. The van der Waals surface area contributed by atoms with E-state index in [9.17, 15) is 8.42 Å². The molecule has 0 saturated carbocycles. The Morgan fingerprint density at radius 3 is 2.58 bits per heavy atom. The number of rotatable bonds is 4. The first kappa shape index (κ1) is 20.5. The van der Waals surface area contributed by atoms with Crippen LogP contribution < -0.4 is 0 Å². The number of nitrogens with zero attached hydrogens (tertiary/aromatic N) is 4. The maximum atomic E-state index is 13.4. The van der Waals surface area contributed by atoms with Crippen LogP contribution in [0.5, 0.6) is 0 Å². The molecule has 0 atom stereocenters. The van der Waals surface area contributed by atoms with Crippen LogP contribution in [0.3, 0.4) is 0 Å². The highest BCUT2D eigenvalue weighted by molar-refractivity contribution is 7.89. The van der Waals surface area contributed by atoms with Gasteiger partial charge < -0.3 is 8.98 Å². The summed E-state index contributed by atoms with van der Waals surface area (Å²) in [7, 11) is -1.86. The van der Waals surface area contributed by atoms with Gasteiger partial charge in [0.25, 0.3) is 10.0 Å². The number of hydrogen-bond acceptors (Lipinski definition) is 5. The number of aromatic nitrogens is 2. The minimum Gasteiger partial charge on any atom is -0.465 e. The number of likely N-dealkylation sites (tertiary alicyclic amines) is 1. The summed E-state index contributed by atoms with van der Waals surface area (Å²) in [6.45, 7) is 5.46. The zero-order chi connectivity index (χ0) is 21.6. The topological polar surface area (TPSA) is 71.6 Å². The Bertz CT molecular complexity index is 1190. The van der Waals surface area contributed by atoms with Gasteiger partial charge >= 0.3 is 0 Å². The van der Waals surface area contributed by atoms with Crippen LogP contribution in [-0.2, 0) is 35.6 Å². The van der Waals surface area contributed by atoms with E-state index in [0.29, 0.717) is 13.1 Å². The normalized spacial score (nSPS) is 19.5. The zero-order valence-electron chi connectivity index (χ0n) is 18.0. The lowest BCUT2D eigenvalue weighted by atomic mass is 9.69. The summed E-state index contributed by atoms with van der Waals surface area (Å²) in [6.07, 6.45) is 4.95. The third-order valence-electron chi connectivity index (χ3n) is 6.69. The fraction of sp³-hybridized carbons (Fsp3) is 0.435. The van der Waals surface area contributed by atoms with Crippen molar-refractivity contribution in [3.8, 4) is 0 Å². The number of aryl methyl sites for hydroxylation is 2. The Morgan fingerprint density at radius 2 is 1.90 bits per heavy atom. The van der Waals surface area contributed by atoms with Gasteiger partial charge in [0.05, 0.1) is 12.9 Å². The molecule has 8 heteroatoms. The number of imidazole rings is 1. The fourth-order valence-corrected chi connectivity index (χ4v) is 6.50. The lowest BCUT2D eigenvalue weighted by molar-refractivity contribution is 0.118. The Hall–Kier alpha value is -2.42. The van der Waals surface area contributed by atoms with Gasteiger partial charge in [-0.05, 0) is 56.1 Å². The Morgan fingerprint density at radius 1 is 1.13 bits per heavy atom. The van der Waals surface area contributed by atoms with Crippen LogP contribution in [0.4, 0.5) is 0 Å². The van der Waals surface area contributed by atoms with E-state index >= 15 is 0 Å². The number of hydrogen-bond donors (Lipinski definition) is 0. The maximum absolute atomic E-state index is 13.4. The molecule has 164 valence electrons. The summed E-state index contributed by atoms with van der Waals surface area (Å²) in [5.41, 5.74) is 2.23. The van der Waals surface area contributed by atoms with E-state index in [1.807, 2.05) is 25.1 Å². The molecule has 0 N–H and O–H groups in total. The molecule has 0 radical (unpaired) electrons. The van der Waals surface area contributed by atoms with Crippen molar-refractivity contribution in [2.24, 2.45) is 7.05 Å². The van der Waals surface area contributed by atoms with E-state index in [2.05, 4.69) is 28.1 Å². The molecule has 2 aromatic heterocycles. The molecular formula is C23H28N4O3S. The molecule has 0 bridgehead atoms. The van der Waals surface area contributed by atoms with Gasteiger partial charge in [-0.2, -0.15) is 4.31 Å². The molecule has 1 fully saturated rings. The number of fused-ring (bicyclic) bond motifs is 2. The van der Waals surface area contributed by atoms with E-state index in [4.69, 9.17) is 4.42 Å². The molecule has 7 nitrogen and oxygen atoms in total. The minimum atomic E-state index is -3.65. The van der Waals surface area contributed by atoms with Crippen molar-refractivity contribution in [3.05, 3.63) is 71.6 Å². The molecule has 2 aliphatic rings. The number of piperidine rings is 1. The van der Waals surface area contributed by atoms with Gasteiger partial charge in [0.1, 0.15) is 11.5 Å². The molecule has 2 aliphatic heterocycles. The second-order valence-electron chi connectivity index (χ2n) is 8.88. The maximum Gasteiger partial charge on any atom is 0.262 e. The molecule has 4 heterocycles. The third-order valence-corrected chi connectivity index (χ3v) is 8.37. The van der Waals surface area contributed by atoms with Crippen molar-refractivity contribution in [1.29, 1.82) is 0 Å². The molecule has 1 spiro atoms. The first-order valence-electron chi connectivity index (χ1n) is 10.7. The molecule has 3 aromatic rings. The monoisotopic (exact) mass is 440 g/mol. The lowest BCUT2D eigenvalue weighted by Crippen LogP contribution is -2.53. The first-order valence-corrected chi connectivity index (χ1v) is 12.1. The molecule has 1 saturated heterocycles. The smallest absolute Gasteiger partial charge is 0.262 e. The van der Waals surface area contributed by atoms with E-state index in [1.54, 1.807) is 22.1 Å². The van der Waals surface area contributed by atoms with Gasteiger partial charge in [0, 0.05) is 31.7 Å². The largest absolute Gasteiger partial charge is 0.465 e. The molecule has 0 unspecified atom stereocenters. The summed E-state index contributed by atoms with van der Waals surface area (Å²) in [4.78, 5) is 6.53. The number of benzene rings is 1. The van der Waals surface area contributed by atoms with E-state index < -0.39 is 10.0 Å². The van der Waals surface area contributed by atoms with Crippen molar-refractivity contribution in [2.45, 2.75) is 43.3 Å².